The van der Waals surface area contributed by atoms with E-state index in [0.29, 0.717) is 12.1 Å². The van der Waals surface area contributed by atoms with Gasteiger partial charge in [-0.25, -0.2) is 0 Å². The van der Waals surface area contributed by atoms with Crippen molar-refractivity contribution in [2.45, 2.75) is 59.5 Å². The molecular weight excluding hydrogens is 244 g/mol. The van der Waals surface area contributed by atoms with Crippen LogP contribution in [0.25, 0.3) is 0 Å². The second kappa shape index (κ2) is 9.15. The molecule has 2 atom stereocenters. The first-order valence-corrected chi connectivity index (χ1v) is 8.22. The Morgan fingerprint density at radius 2 is 1.70 bits per heavy atom. The van der Waals surface area contributed by atoms with Crippen LogP contribution in [0, 0.1) is 0 Å². The fraction of sp³-hybridized carbons (Fsp3) is 0.667. The zero-order chi connectivity index (χ0) is 15.0. The molecule has 0 heterocycles. The monoisotopic (exact) mass is 276 g/mol. The van der Waals surface area contributed by atoms with Gasteiger partial charge in [-0.05, 0) is 44.0 Å². The van der Waals surface area contributed by atoms with E-state index >= 15 is 0 Å². The van der Waals surface area contributed by atoms with Crippen molar-refractivity contribution in [3.8, 4) is 0 Å². The molecule has 0 aliphatic carbocycles. The van der Waals surface area contributed by atoms with E-state index in [1.165, 1.54) is 17.5 Å². The van der Waals surface area contributed by atoms with Gasteiger partial charge in [0.2, 0.25) is 0 Å². The lowest BCUT2D eigenvalue weighted by Gasteiger charge is -2.31. The summed E-state index contributed by atoms with van der Waals surface area (Å²) in [6.07, 6.45) is 2.32. The average molecular weight is 276 g/mol. The summed E-state index contributed by atoms with van der Waals surface area (Å²) in [5, 5.41) is 3.64. The number of hydrogen-bond donors (Lipinski definition) is 1. The van der Waals surface area contributed by atoms with Crippen LogP contribution >= 0.6 is 0 Å². The van der Waals surface area contributed by atoms with Gasteiger partial charge in [0.1, 0.15) is 0 Å². The molecule has 0 amide bonds. The van der Waals surface area contributed by atoms with Crippen LogP contribution < -0.4 is 5.32 Å². The highest BCUT2D eigenvalue weighted by Crippen LogP contribution is 2.17. The van der Waals surface area contributed by atoms with Gasteiger partial charge >= 0.3 is 0 Å². The Hall–Kier alpha value is -0.860. The summed E-state index contributed by atoms with van der Waals surface area (Å²) in [6.45, 7) is 14.5. The molecule has 0 radical (unpaired) electrons. The fourth-order valence-electron chi connectivity index (χ4n) is 2.63. The van der Waals surface area contributed by atoms with Crippen molar-refractivity contribution in [2.75, 3.05) is 19.6 Å². The highest BCUT2D eigenvalue weighted by molar-refractivity contribution is 5.25. The second-order valence-electron chi connectivity index (χ2n) is 5.55. The van der Waals surface area contributed by atoms with E-state index in [1.54, 1.807) is 0 Å². The summed E-state index contributed by atoms with van der Waals surface area (Å²) < 4.78 is 0. The number of hydrogen-bond acceptors (Lipinski definition) is 2. The lowest BCUT2D eigenvalue weighted by molar-refractivity contribution is 0.192. The molecule has 0 saturated heterocycles. The summed E-state index contributed by atoms with van der Waals surface area (Å²) >= 11 is 0. The van der Waals surface area contributed by atoms with Crippen molar-refractivity contribution in [3.05, 3.63) is 35.4 Å². The predicted octanol–water partition coefficient (Wildman–Crippen LogP) is 4.02. The molecule has 0 bridgehead atoms. The van der Waals surface area contributed by atoms with Gasteiger partial charge in [0.15, 0.2) is 0 Å². The Morgan fingerprint density at radius 1 is 1.05 bits per heavy atom. The Kier molecular flexibility index (Phi) is 7.86. The average Bonchev–Trinajstić information content (AvgIpc) is 2.50. The standard InChI is InChI=1S/C18H32N2/c1-6-15(5)20(9-4)14-18(19-8-3)17-12-10-16(7-2)11-13-17/h10-13,15,18-19H,6-9,14H2,1-5H3. The maximum atomic E-state index is 3.64. The maximum Gasteiger partial charge on any atom is 0.0449 e. The van der Waals surface area contributed by atoms with Crippen LogP contribution in [0.1, 0.15) is 58.2 Å². The van der Waals surface area contributed by atoms with Gasteiger partial charge in [0, 0.05) is 18.6 Å². The third-order valence-corrected chi connectivity index (χ3v) is 4.28. The van der Waals surface area contributed by atoms with Gasteiger partial charge < -0.3 is 5.32 Å². The van der Waals surface area contributed by atoms with E-state index in [4.69, 9.17) is 0 Å². The number of aryl methyl sites for hydroxylation is 1. The third-order valence-electron chi connectivity index (χ3n) is 4.28. The first-order chi connectivity index (χ1) is 9.65. The van der Waals surface area contributed by atoms with Crippen molar-refractivity contribution >= 4 is 0 Å². The zero-order valence-corrected chi connectivity index (χ0v) is 13.9. The van der Waals surface area contributed by atoms with Gasteiger partial charge in [0.05, 0.1) is 0 Å². The molecule has 1 aromatic carbocycles. The molecule has 0 fully saturated rings. The van der Waals surface area contributed by atoms with Crippen LogP contribution in [0.15, 0.2) is 24.3 Å². The summed E-state index contributed by atoms with van der Waals surface area (Å²) in [5.74, 6) is 0. The maximum absolute atomic E-state index is 3.64. The van der Waals surface area contributed by atoms with Crippen LogP contribution in [0.4, 0.5) is 0 Å². The van der Waals surface area contributed by atoms with Gasteiger partial charge in [-0.15, -0.1) is 0 Å². The van der Waals surface area contributed by atoms with Crippen molar-refractivity contribution in [3.63, 3.8) is 0 Å². The van der Waals surface area contributed by atoms with Crippen molar-refractivity contribution in [1.82, 2.24) is 10.2 Å². The lowest BCUT2D eigenvalue weighted by atomic mass is 10.0. The number of likely N-dealkylation sites (N-methyl/N-ethyl adjacent to an activating group) is 2. The largest absolute Gasteiger partial charge is 0.309 e. The van der Waals surface area contributed by atoms with Crippen molar-refractivity contribution in [2.24, 2.45) is 0 Å². The van der Waals surface area contributed by atoms with Gasteiger partial charge in [-0.3, -0.25) is 4.90 Å². The molecule has 2 heteroatoms. The number of nitrogens with zero attached hydrogens (tertiary/aromatic N) is 1. The van der Waals surface area contributed by atoms with Crippen LogP contribution in [0.2, 0.25) is 0 Å². The predicted molar refractivity (Wildman–Crippen MR) is 89.2 cm³/mol. The number of rotatable bonds is 9. The van der Waals surface area contributed by atoms with Crippen LogP contribution in [-0.4, -0.2) is 30.6 Å². The van der Waals surface area contributed by atoms with Gasteiger partial charge in [-0.1, -0.05) is 52.0 Å². The molecule has 20 heavy (non-hydrogen) atoms. The SMILES string of the molecule is CCNC(CN(CC)C(C)CC)c1ccc(CC)cc1. The van der Waals surface area contributed by atoms with E-state index < -0.39 is 0 Å². The third kappa shape index (κ3) is 4.92. The van der Waals surface area contributed by atoms with Crippen molar-refractivity contribution < 1.29 is 0 Å². The molecular formula is C18H32N2. The Morgan fingerprint density at radius 3 is 2.15 bits per heavy atom. The van der Waals surface area contributed by atoms with E-state index in [1.807, 2.05) is 0 Å². The molecule has 2 nitrogen and oxygen atoms in total. The van der Waals surface area contributed by atoms with Crippen LogP contribution in [0.3, 0.4) is 0 Å². The van der Waals surface area contributed by atoms with E-state index in [9.17, 15) is 0 Å². The number of nitrogens with one attached hydrogen (secondary N) is 1. The Balaban J connectivity index is 2.80. The van der Waals surface area contributed by atoms with Gasteiger partial charge in [0.25, 0.3) is 0 Å². The zero-order valence-electron chi connectivity index (χ0n) is 13.9. The van der Waals surface area contributed by atoms with Crippen LogP contribution in [-0.2, 0) is 6.42 Å². The first kappa shape index (κ1) is 17.2. The lowest BCUT2D eigenvalue weighted by Crippen LogP contribution is -2.40. The smallest absolute Gasteiger partial charge is 0.0449 e. The second-order valence-corrected chi connectivity index (χ2v) is 5.55. The summed E-state index contributed by atoms with van der Waals surface area (Å²) in [4.78, 5) is 2.57. The minimum absolute atomic E-state index is 0.430. The summed E-state index contributed by atoms with van der Waals surface area (Å²) in [6, 6.07) is 10.2. The molecule has 0 spiro atoms. The highest BCUT2D eigenvalue weighted by atomic mass is 15.2. The van der Waals surface area contributed by atoms with Crippen molar-refractivity contribution in [1.29, 1.82) is 0 Å². The molecule has 0 aliphatic heterocycles. The molecule has 1 aromatic rings. The first-order valence-electron chi connectivity index (χ1n) is 8.22. The highest BCUT2D eigenvalue weighted by Gasteiger charge is 2.17. The summed E-state index contributed by atoms with van der Waals surface area (Å²) in [5.41, 5.74) is 2.82. The molecule has 0 saturated carbocycles. The minimum Gasteiger partial charge on any atom is -0.309 e. The Bertz CT molecular complexity index is 358. The van der Waals surface area contributed by atoms with E-state index in [-0.39, 0.29) is 0 Å². The number of benzene rings is 1. The molecule has 2 unspecified atom stereocenters. The summed E-state index contributed by atoms with van der Waals surface area (Å²) in [7, 11) is 0. The van der Waals surface area contributed by atoms with Crippen LogP contribution in [0.5, 0.6) is 0 Å². The van der Waals surface area contributed by atoms with E-state index in [0.717, 1.165) is 26.1 Å². The molecule has 0 aliphatic rings. The Labute approximate surface area is 125 Å². The molecule has 114 valence electrons. The molecule has 1 rings (SSSR count). The minimum atomic E-state index is 0.430. The molecule has 1 N–H and O–H groups in total. The normalized spacial score (nSPS) is 14.5. The van der Waals surface area contributed by atoms with Gasteiger partial charge in [-0.2, -0.15) is 0 Å². The topological polar surface area (TPSA) is 15.3 Å². The van der Waals surface area contributed by atoms with E-state index in [2.05, 4.69) is 69.1 Å². The quantitative estimate of drug-likeness (QED) is 0.733. The fourth-order valence-corrected chi connectivity index (χ4v) is 2.63. The molecule has 0 aromatic heterocycles.